The zero-order chi connectivity index (χ0) is 19.8. The highest BCUT2D eigenvalue weighted by molar-refractivity contribution is 5.96. The fourth-order valence-electron chi connectivity index (χ4n) is 2.74. The highest BCUT2D eigenvalue weighted by atomic mass is 16.5. The maximum atomic E-state index is 12.4. The van der Waals surface area contributed by atoms with Gasteiger partial charge in [-0.3, -0.25) is 9.59 Å². The molecule has 0 bridgehead atoms. The van der Waals surface area contributed by atoms with Gasteiger partial charge in [0.05, 0.1) is 25.1 Å². The van der Waals surface area contributed by atoms with Gasteiger partial charge in [-0.25, -0.2) is 0 Å². The molecule has 0 heterocycles. The minimum atomic E-state index is -0.194. The molecule has 0 aliphatic heterocycles. The van der Waals surface area contributed by atoms with Gasteiger partial charge in [-0.2, -0.15) is 0 Å². The van der Waals surface area contributed by atoms with Crippen LogP contribution in [0.2, 0.25) is 0 Å². The SMILES string of the molecule is CCOc1ccccc1NC(=O)CCN(C(C)=O)c1cc(C)ccc1OC. The number of para-hydroxylation sites is 2. The molecule has 0 radical (unpaired) electrons. The van der Waals surface area contributed by atoms with Gasteiger partial charge < -0.3 is 19.7 Å². The van der Waals surface area contributed by atoms with E-state index in [0.717, 1.165) is 5.56 Å². The molecule has 2 rings (SSSR count). The third-order valence-electron chi connectivity index (χ3n) is 4.03. The summed E-state index contributed by atoms with van der Waals surface area (Å²) in [7, 11) is 1.56. The molecule has 0 aliphatic rings. The van der Waals surface area contributed by atoms with Crippen molar-refractivity contribution in [3.8, 4) is 11.5 Å². The molecule has 2 aromatic rings. The fraction of sp³-hybridized carbons (Fsp3) is 0.333. The van der Waals surface area contributed by atoms with Crippen LogP contribution in [0.1, 0.15) is 25.8 Å². The lowest BCUT2D eigenvalue weighted by molar-refractivity contribution is -0.117. The lowest BCUT2D eigenvalue weighted by Crippen LogP contribution is -2.32. The van der Waals surface area contributed by atoms with Crippen LogP contribution in [0.15, 0.2) is 42.5 Å². The number of methoxy groups -OCH3 is 1. The van der Waals surface area contributed by atoms with E-state index in [9.17, 15) is 9.59 Å². The lowest BCUT2D eigenvalue weighted by Gasteiger charge is -2.23. The quantitative estimate of drug-likeness (QED) is 0.768. The first kappa shape index (κ1) is 20.3. The number of amides is 2. The predicted molar refractivity (Wildman–Crippen MR) is 107 cm³/mol. The Kier molecular flexibility index (Phi) is 7.23. The van der Waals surface area contributed by atoms with Gasteiger partial charge in [0.15, 0.2) is 0 Å². The average molecular weight is 370 g/mol. The molecule has 0 saturated carbocycles. The predicted octanol–water partition coefficient (Wildman–Crippen LogP) is 3.78. The van der Waals surface area contributed by atoms with E-state index in [-0.39, 0.29) is 24.8 Å². The van der Waals surface area contributed by atoms with Crippen LogP contribution in [-0.4, -0.2) is 32.1 Å². The van der Waals surface area contributed by atoms with Gasteiger partial charge in [0, 0.05) is 19.9 Å². The number of anilines is 2. The largest absolute Gasteiger partial charge is 0.495 e. The molecule has 1 N–H and O–H groups in total. The van der Waals surface area contributed by atoms with Crippen LogP contribution in [-0.2, 0) is 9.59 Å². The third-order valence-corrected chi connectivity index (χ3v) is 4.03. The van der Waals surface area contributed by atoms with Crippen LogP contribution in [0.3, 0.4) is 0 Å². The fourth-order valence-corrected chi connectivity index (χ4v) is 2.74. The van der Waals surface area contributed by atoms with Gasteiger partial charge in [0.25, 0.3) is 0 Å². The molecule has 6 nitrogen and oxygen atoms in total. The standard InChI is InChI=1S/C21H26N2O4/c1-5-27-19-9-7-6-8-17(19)22-21(25)12-13-23(16(3)24)18-14-15(2)10-11-20(18)26-4/h6-11,14H,5,12-13H2,1-4H3,(H,22,25). The van der Waals surface area contributed by atoms with Crippen LogP contribution in [0.5, 0.6) is 11.5 Å². The number of nitrogens with zero attached hydrogens (tertiary/aromatic N) is 1. The molecular weight excluding hydrogens is 344 g/mol. The van der Waals surface area contributed by atoms with Crippen molar-refractivity contribution < 1.29 is 19.1 Å². The zero-order valence-corrected chi connectivity index (χ0v) is 16.2. The van der Waals surface area contributed by atoms with Crippen molar-refractivity contribution in [2.75, 3.05) is 30.5 Å². The molecule has 0 atom stereocenters. The molecular formula is C21H26N2O4. The second kappa shape index (κ2) is 9.62. The van der Waals surface area contributed by atoms with Crippen molar-refractivity contribution in [2.45, 2.75) is 27.2 Å². The molecule has 0 saturated heterocycles. The first-order valence-electron chi connectivity index (χ1n) is 8.90. The first-order valence-corrected chi connectivity index (χ1v) is 8.90. The van der Waals surface area contributed by atoms with E-state index < -0.39 is 0 Å². The Morgan fingerprint density at radius 3 is 2.52 bits per heavy atom. The number of hydrogen-bond donors (Lipinski definition) is 1. The van der Waals surface area contributed by atoms with E-state index in [1.54, 1.807) is 24.1 Å². The number of rotatable bonds is 8. The van der Waals surface area contributed by atoms with Crippen molar-refractivity contribution >= 4 is 23.2 Å². The second-order valence-electron chi connectivity index (χ2n) is 6.07. The van der Waals surface area contributed by atoms with Crippen LogP contribution in [0, 0.1) is 6.92 Å². The van der Waals surface area contributed by atoms with E-state index in [4.69, 9.17) is 9.47 Å². The van der Waals surface area contributed by atoms with Crippen molar-refractivity contribution in [1.82, 2.24) is 0 Å². The molecule has 0 spiro atoms. The third kappa shape index (κ3) is 5.48. The molecule has 0 aliphatic carbocycles. The first-order chi connectivity index (χ1) is 13.0. The Hall–Kier alpha value is -3.02. The van der Waals surface area contributed by atoms with Crippen molar-refractivity contribution in [3.63, 3.8) is 0 Å². The maximum absolute atomic E-state index is 12.4. The Bertz CT molecular complexity index is 805. The Balaban J connectivity index is 2.10. The van der Waals surface area contributed by atoms with Gasteiger partial charge in [-0.15, -0.1) is 0 Å². The van der Waals surface area contributed by atoms with Crippen molar-refractivity contribution in [2.24, 2.45) is 0 Å². The van der Waals surface area contributed by atoms with Crippen LogP contribution in [0.4, 0.5) is 11.4 Å². The highest BCUT2D eigenvalue weighted by Crippen LogP contribution is 2.30. The number of ether oxygens (including phenoxy) is 2. The van der Waals surface area contributed by atoms with E-state index in [0.29, 0.717) is 29.5 Å². The molecule has 6 heteroatoms. The van der Waals surface area contributed by atoms with E-state index in [2.05, 4.69) is 5.32 Å². The minimum Gasteiger partial charge on any atom is -0.495 e. The topological polar surface area (TPSA) is 67.9 Å². The molecule has 2 amide bonds. The summed E-state index contributed by atoms with van der Waals surface area (Å²) in [5.74, 6) is 0.872. The Morgan fingerprint density at radius 1 is 1.11 bits per heavy atom. The zero-order valence-electron chi connectivity index (χ0n) is 16.2. The number of carbonyl (C=O) groups excluding carboxylic acids is 2. The molecule has 0 aromatic heterocycles. The summed E-state index contributed by atoms with van der Waals surface area (Å²) in [4.78, 5) is 26.1. The van der Waals surface area contributed by atoms with Gasteiger partial charge in [-0.05, 0) is 43.7 Å². The van der Waals surface area contributed by atoms with Gasteiger partial charge in [0.2, 0.25) is 11.8 Å². The van der Waals surface area contributed by atoms with Crippen molar-refractivity contribution in [1.29, 1.82) is 0 Å². The molecule has 0 unspecified atom stereocenters. The van der Waals surface area contributed by atoms with Gasteiger partial charge >= 0.3 is 0 Å². The number of aryl methyl sites for hydroxylation is 1. The summed E-state index contributed by atoms with van der Waals surface area (Å²) in [5.41, 5.74) is 2.28. The normalized spacial score (nSPS) is 10.2. The number of carbonyl (C=O) groups is 2. The number of nitrogens with one attached hydrogen (secondary N) is 1. The van der Waals surface area contributed by atoms with E-state index in [1.165, 1.54) is 6.92 Å². The van der Waals surface area contributed by atoms with Crippen LogP contribution >= 0.6 is 0 Å². The molecule has 2 aromatic carbocycles. The molecule has 144 valence electrons. The van der Waals surface area contributed by atoms with E-state index >= 15 is 0 Å². The summed E-state index contributed by atoms with van der Waals surface area (Å²) in [6.07, 6.45) is 0.150. The van der Waals surface area contributed by atoms with Crippen molar-refractivity contribution in [3.05, 3.63) is 48.0 Å². The number of hydrogen-bond acceptors (Lipinski definition) is 4. The summed E-state index contributed by atoms with van der Waals surface area (Å²) in [6.45, 7) is 6.07. The smallest absolute Gasteiger partial charge is 0.226 e. The Morgan fingerprint density at radius 2 is 1.85 bits per heavy atom. The summed E-state index contributed by atoms with van der Waals surface area (Å²) < 4.78 is 10.9. The lowest BCUT2D eigenvalue weighted by atomic mass is 10.1. The summed E-state index contributed by atoms with van der Waals surface area (Å²) >= 11 is 0. The highest BCUT2D eigenvalue weighted by Gasteiger charge is 2.18. The molecule has 27 heavy (non-hydrogen) atoms. The van der Waals surface area contributed by atoms with E-state index in [1.807, 2.05) is 44.2 Å². The maximum Gasteiger partial charge on any atom is 0.226 e. The monoisotopic (exact) mass is 370 g/mol. The molecule has 0 fully saturated rings. The van der Waals surface area contributed by atoms with Gasteiger partial charge in [-0.1, -0.05) is 18.2 Å². The van der Waals surface area contributed by atoms with Crippen LogP contribution < -0.4 is 19.7 Å². The van der Waals surface area contributed by atoms with Gasteiger partial charge in [0.1, 0.15) is 11.5 Å². The number of benzene rings is 2. The summed E-state index contributed by atoms with van der Waals surface area (Å²) in [6, 6.07) is 12.9. The summed E-state index contributed by atoms with van der Waals surface area (Å²) in [5, 5.41) is 2.85. The minimum absolute atomic E-state index is 0.150. The van der Waals surface area contributed by atoms with Crippen LogP contribution in [0.25, 0.3) is 0 Å². The Labute approximate surface area is 160 Å². The average Bonchev–Trinajstić information content (AvgIpc) is 2.63. The second-order valence-corrected chi connectivity index (χ2v) is 6.07.